The van der Waals surface area contributed by atoms with Crippen LogP contribution in [0.15, 0.2) is 18.2 Å². The Morgan fingerprint density at radius 2 is 2.15 bits per heavy atom. The monoisotopic (exact) mass is 314 g/mol. The van der Waals surface area contributed by atoms with Gasteiger partial charge in [0.2, 0.25) is 0 Å². The molecular formula is C15H19ClO3S. The van der Waals surface area contributed by atoms with Crippen molar-refractivity contribution in [3.8, 4) is 5.75 Å². The fraction of sp³-hybridized carbons (Fsp3) is 0.600. The van der Waals surface area contributed by atoms with E-state index in [2.05, 4.69) is 19.9 Å². The smallest absolute Gasteiger partial charge is 0.150 e. The molecule has 0 N–H and O–H groups in total. The molecule has 3 rings (SSSR count). The lowest BCUT2D eigenvalue weighted by Gasteiger charge is -2.17. The topological polar surface area (TPSA) is 43.4 Å². The maximum atomic E-state index is 11.6. The first kappa shape index (κ1) is 14.2. The lowest BCUT2D eigenvalue weighted by atomic mass is 9.94. The van der Waals surface area contributed by atoms with E-state index < -0.39 is 9.84 Å². The van der Waals surface area contributed by atoms with Crippen LogP contribution in [0.3, 0.4) is 0 Å². The molecular weight excluding hydrogens is 296 g/mol. The standard InChI is InChI=1S/C15H19ClO3S/c1-15(2)8-12-7-10(3-4-13(12)19-15)14(16)11-5-6-20(17,18)9-11/h3-4,7,11,14H,5-6,8-9H2,1-2H3. The van der Waals surface area contributed by atoms with Gasteiger partial charge in [0.05, 0.1) is 16.9 Å². The first-order chi connectivity index (χ1) is 9.26. The molecule has 1 aromatic carbocycles. The van der Waals surface area contributed by atoms with Gasteiger partial charge in [-0.25, -0.2) is 8.42 Å². The Bertz CT molecular complexity index is 637. The van der Waals surface area contributed by atoms with Crippen LogP contribution in [-0.2, 0) is 16.3 Å². The minimum absolute atomic E-state index is 0.0232. The number of alkyl halides is 1. The largest absolute Gasteiger partial charge is 0.487 e. The number of benzene rings is 1. The van der Waals surface area contributed by atoms with Gasteiger partial charge >= 0.3 is 0 Å². The first-order valence-corrected chi connectivity index (χ1v) is 9.18. The molecule has 0 amide bonds. The van der Waals surface area contributed by atoms with E-state index in [1.807, 2.05) is 12.1 Å². The highest BCUT2D eigenvalue weighted by molar-refractivity contribution is 7.91. The van der Waals surface area contributed by atoms with E-state index in [1.54, 1.807) is 0 Å². The minimum atomic E-state index is -2.89. The molecule has 2 aliphatic rings. The van der Waals surface area contributed by atoms with Crippen molar-refractivity contribution in [1.29, 1.82) is 0 Å². The molecule has 1 saturated heterocycles. The number of ether oxygens (including phenoxy) is 1. The molecule has 0 bridgehead atoms. The highest BCUT2D eigenvalue weighted by atomic mass is 35.5. The van der Waals surface area contributed by atoms with Crippen LogP contribution in [0.4, 0.5) is 0 Å². The van der Waals surface area contributed by atoms with Gasteiger partial charge in [0, 0.05) is 6.42 Å². The molecule has 2 heterocycles. The van der Waals surface area contributed by atoms with Gasteiger partial charge in [-0.15, -0.1) is 11.6 Å². The minimum Gasteiger partial charge on any atom is -0.487 e. The molecule has 0 aromatic heterocycles. The van der Waals surface area contributed by atoms with E-state index in [0.29, 0.717) is 6.42 Å². The summed E-state index contributed by atoms with van der Waals surface area (Å²) in [4.78, 5) is 0. The van der Waals surface area contributed by atoms with Crippen molar-refractivity contribution in [2.75, 3.05) is 11.5 Å². The second-order valence-electron chi connectivity index (χ2n) is 6.47. The van der Waals surface area contributed by atoms with Crippen LogP contribution < -0.4 is 4.74 Å². The Hall–Kier alpha value is -0.740. The van der Waals surface area contributed by atoms with Gasteiger partial charge in [0.1, 0.15) is 11.4 Å². The Labute approximate surface area is 125 Å². The maximum absolute atomic E-state index is 11.6. The molecule has 0 saturated carbocycles. The lowest BCUT2D eigenvalue weighted by molar-refractivity contribution is 0.138. The molecule has 2 atom stereocenters. The van der Waals surface area contributed by atoms with E-state index in [9.17, 15) is 8.42 Å². The van der Waals surface area contributed by atoms with Crippen LogP contribution in [0.2, 0.25) is 0 Å². The number of fused-ring (bicyclic) bond motifs is 1. The molecule has 20 heavy (non-hydrogen) atoms. The van der Waals surface area contributed by atoms with Gasteiger partial charge < -0.3 is 4.74 Å². The summed E-state index contributed by atoms with van der Waals surface area (Å²) in [5, 5.41) is -0.235. The summed E-state index contributed by atoms with van der Waals surface area (Å²) in [5.74, 6) is 1.42. The zero-order chi connectivity index (χ0) is 14.5. The molecule has 0 spiro atoms. The van der Waals surface area contributed by atoms with Crippen molar-refractivity contribution < 1.29 is 13.2 Å². The number of hydrogen-bond donors (Lipinski definition) is 0. The van der Waals surface area contributed by atoms with Crippen molar-refractivity contribution >= 4 is 21.4 Å². The summed E-state index contributed by atoms with van der Waals surface area (Å²) in [6.45, 7) is 4.13. The third kappa shape index (κ3) is 2.68. The quantitative estimate of drug-likeness (QED) is 0.788. The summed E-state index contributed by atoms with van der Waals surface area (Å²) in [7, 11) is -2.89. The lowest BCUT2D eigenvalue weighted by Crippen LogP contribution is -2.24. The third-order valence-corrected chi connectivity index (χ3v) is 6.49. The van der Waals surface area contributed by atoms with Crippen LogP contribution in [0, 0.1) is 5.92 Å². The first-order valence-electron chi connectivity index (χ1n) is 6.92. The zero-order valence-electron chi connectivity index (χ0n) is 11.7. The number of hydrogen-bond acceptors (Lipinski definition) is 3. The molecule has 1 fully saturated rings. The molecule has 5 heteroatoms. The van der Waals surface area contributed by atoms with Crippen LogP contribution in [0.1, 0.15) is 36.8 Å². The van der Waals surface area contributed by atoms with Crippen LogP contribution in [0.5, 0.6) is 5.75 Å². The predicted octanol–water partition coefficient (Wildman–Crippen LogP) is 3.11. The van der Waals surface area contributed by atoms with Crippen molar-refractivity contribution in [3.05, 3.63) is 29.3 Å². The molecule has 2 aliphatic heterocycles. The molecule has 3 nitrogen and oxygen atoms in total. The SMILES string of the molecule is CC1(C)Cc2cc(C(Cl)C3CCS(=O)(=O)C3)ccc2O1. The van der Waals surface area contributed by atoms with E-state index >= 15 is 0 Å². The highest BCUT2D eigenvalue weighted by Crippen LogP contribution is 2.41. The van der Waals surface area contributed by atoms with Crippen molar-refractivity contribution in [2.24, 2.45) is 5.92 Å². The van der Waals surface area contributed by atoms with Gasteiger partial charge in [-0.1, -0.05) is 12.1 Å². The number of sulfone groups is 1. The van der Waals surface area contributed by atoms with E-state index in [4.69, 9.17) is 16.3 Å². The fourth-order valence-corrected chi connectivity index (χ4v) is 5.42. The average molecular weight is 315 g/mol. The van der Waals surface area contributed by atoms with Gasteiger partial charge in [-0.05, 0) is 43.4 Å². The van der Waals surface area contributed by atoms with Crippen LogP contribution in [0.25, 0.3) is 0 Å². The summed E-state index contributed by atoms with van der Waals surface area (Å²) in [6, 6.07) is 5.99. The molecule has 1 aromatic rings. The Morgan fingerprint density at radius 3 is 2.80 bits per heavy atom. The summed E-state index contributed by atoms with van der Waals surface area (Å²) >= 11 is 6.51. The van der Waals surface area contributed by atoms with E-state index in [1.165, 1.54) is 5.56 Å². The summed E-state index contributed by atoms with van der Waals surface area (Å²) in [5.41, 5.74) is 2.01. The predicted molar refractivity (Wildman–Crippen MR) is 80.2 cm³/mol. The van der Waals surface area contributed by atoms with E-state index in [0.717, 1.165) is 17.7 Å². The highest BCUT2D eigenvalue weighted by Gasteiger charge is 2.35. The maximum Gasteiger partial charge on any atom is 0.150 e. The molecule has 2 unspecified atom stereocenters. The number of halogens is 1. The second-order valence-corrected chi connectivity index (χ2v) is 9.17. The summed E-state index contributed by atoms with van der Waals surface area (Å²) in [6.07, 6.45) is 1.53. The van der Waals surface area contributed by atoms with E-state index in [-0.39, 0.29) is 28.4 Å². The zero-order valence-corrected chi connectivity index (χ0v) is 13.3. The summed E-state index contributed by atoms with van der Waals surface area (Å²) < 4.78 is 29.0. The van der Waals surface area contributed by atoms with Crippen molar-refractivity contribution in [1.82, 2.24) is 0 Å². The Morgan fingerprint density at radius 1 is 1.40 bits per heavy atom. The molecule has 110 valence electrons. The molecule has 0 radical (unpaired) electrons. The normalized spacial score (nSPS) is 27.9. The van der Waals surface area contributed by atoms with Crippen molar-refractivity contribution in [2.45, 2.75) is 37.7 Å². The Kier molecular flexibility index (Phi) is 3.29. The number of rotatable bonds is 2. The second kappa shape index (κ2) is 4.63. The van der Waals surface area contributed by atoms with Crippen LogP contribution >= 0.6 is 11.6 Å². The van der Waals surface area contributed by atoms with Crippen molar-refractivity contribution in [3.63, 3.8) is 0 Å². The third-order valence-electron chi connectivity index (χ3n) is 4.09. The Balaban J connectivity index is 1.83. The van der Waals surface area contributed by atoms with Gasteiger partial charge in [0.25, 0.3) is 0 Å². The van der Waals surface area contributed by atoms with Gasteiger partial charge in [0.15, 0.2) is 9.84 Å². The molecule has 0 aliphatic carbocycles. The van der Waals surface area contributed by atoms with Gasteiger partial charge in [-0.3, -0.25) is 0 Å². The van der Waals surface area contributed by atoms with Gasteiger partial charge in [-0.2, -0.15) is 0 Å². The average Bonchev–Trinajstić information content (AvgIpc) is 2.84. The fourth-order valence-electron chi connectivity index (χ4n) is 3.13. The van der Waals surface area contributed by atoms with Crippen LogP contribution in [-0.4, -0.2) is 25.5 Å².